The van der Waals surface area contributed by atoms with E-state index in [4.69, 9.17) is 9.47 Å². The van der Waals surface area contributed by atoms with E-state index in [2.05, 4.69) is 0 Å². The van der Waals surface area contributed by atoms with Crippen molar-refractivity contribution in [3.8, 4) is 5.75 Å². The molecule has 0 aliphatic carbocycles. The number of carbonyl (C=O) groups is 2. The van der Waals surface area contributed by atoms with Crippen molar-refractivity contribution in [2.75, 3.05) is 25.7 Å². The molecule has 0 fully saturated rings. The third-order valence-corrected chi connectivity index (χ3v) is 6.92. The number of carbonyl (C=O) groups excluding carboxylic acids is 2. The molecule has 0 saturated carbocycles. The summed E-state index contributed by atoms with van der Waals surface area (Å²) in [6.45, 7) is 1.51. The van der Waals surface area contributed by atoms with Crippen molar-refractivity contribution < 1.29 is 27.5 Å². The Hall–Kier alpha value is -2.91. The number of rotatable bonds is 5. The quantitative estimate of drug-likeness (QED) is 0.673. The molecule has 0 saturated heterocycles. The summed E-state index contributed by atoms with van der Waals surface area (Å²) in [6, 6.07) is 11.8. The van der Waals surface area contributed by atoms with Crippen molar-refractivity contribution in [3.63, 3.8) is 0 Å². The lowest BCUT2D eigenvalue weighted by molar-refractivity contribution is -0.145. The van der Waals surface area contributed by atoms with Gasteiger partial charge in [-0.3, -0.25) is 9.59 Å². The van der Waals surface area contributed by atoms with Crippen LogP contribution in [0.15, 0.2) is 53.4 Å². The highest BCUT2D eigenvalue weighted by atomic mass is 32.2. The lowest BCUT2D eigenvalue weighted by Gasteiger charge is -2.29. The van der Waals surface area contributed by atoms with Crippen LogP contribution in [0, 0.1) is 0 Å². The Morgan fingerprint density at radius 1 is 1.07 bits per heavy atom. The van der Waals surface area contributed by atoms with Crippen LogP contribution in [0.2, 0.25) is 0 Å². The average molecular weight is 432 g/mol. The molecule has 0 N–H and O–H groups in total. The number of sulfonamides is 1. The van der Waals surface area contributed by atoms with Gasteiger partial charge in [-0.15, -0.1) is 0 Å². The van der Waals surface area contributed by atoms with Gasteiger partial charge in [0.2, 0.25) is 15.9 Å². The Kier molecular flexibility index (Phi) is 6.42. The SMILES string of the molecule is CCC(=O)N1CC(C(=O)OC)N(S(=O)(=O)c2ccc(OC)cc2)Cc2ccccc21. The number of fused-ring (bicyclic) bond motifs is 1. The van der Waals surface area contributed by atoms with Crippen molar-refractivity contribution in [1.29, 1.82) is 0 Å². The number of anilines is 1. The van der Waals surface area contributed by atoms with E-state index in [-0.39, 0.29) is 30.3 Å². The summed E-state index contributed by atoms with van der Waals surface area (Å²) < 4.78 is 38.1. The number of para-hydroxylation sites is 1. The predicted octanol–water partition coefficient (Wildman–Crippen LogP) is 2.18. The minimum Gasteiger partial charge on any atom is -0.497 e. The maximum absolute atomic E-state index is 13.5. The highest BCUT2D eigenvalue weighted by Gasteiger charge is 2.41. The molecule has 1 aliphatic heterocycles. The van der Waals surface area contributed by atoms with Crippen LogP contribution in [-0.4, -0.2) is 51.4 Å². The first kappa shape index (κ1) is 21.8. The molecule has 2 aromatic carbocycles. The Balaban J connectivity index is 2.13. The minimum absolute atomic E-state index is 0.0185. The van der Waals surface area contributed by atoms with Crippen LogP contribution in [0.1, 0.15) is 18.9 Å². The van der Waals surface area contributed by atoms with Crippen LogP contribution in [0.25, 0.3) is 0 Å². The van der Waals surface area contributed by atoms with Crippen molar-refractivity contribution in [3.05, 3.63) is 54.1 Å². The first-order valence-electron chi connectivity index (χ1n) is 9.45. The maximum Gasteiger partial charge on any atom is 0.326 e. The largest absolute Gasteiger partial charge is 0.497 e. The number of nitrogens with zero attached hydrogens (tertiary/aromatic N) is 2. The van der Waals surface area contributed by atoms with Gasteiger partial charge in [-0.2, -0.15) is 4.31 Å². The molecule has 160 valence electrons. The van der Waals surface area contributed by atoms with Crippen molar-refractivity contribution in [2.45, 2.75) is 30.8 Å². The second kappa shape index (κ2) is 8.85. The molecule has 3 rings (SSSR count). The summed E-state index contributed by atoms with van der Waals surface area (Å²) in [5.41, 5.74) is 1.22. The molecule has 0 radical (unpaired) electrons. The highest BCUT2D eigenvalue weighted by Crippen LogP contribution is 2.32. The third-order valence-electron chi connectivity index (χ3n) is 5.05. The zero-order valence-corrected chi connectivity index (χ0v) is 17.9. The van der Waals surface area contributed by atoms with E-state index in [0.29, 0.717) is 17.0 Å². The summed E-state index contributed by atoms with van der Waals surface area (Å²) in [4.78, 5) is 26.7. The first-order chi connectivity index (χ1) is 14.3. The van der Waals surface area contributed by atoms with Gasteiger partial charge in [-0.25, -0.2) is 8.42 Å². The predicted molar refractivity (Wildman–Crippen MR) is 111 cm³/mol. The molecule has 9 heteroatoms. The standard InChI is InChI=1S/C21H24N2O6S/c1-4-20(24)22-14-19(21(25)29-3)23(13-15-7-5-6-8-18(15)22)30(26,27)17-11-9-16(28-2)10-12-17/h5-12,19H,4,13-14H2,1-3H3. The van der Waals surface area contributed by atoms with Crippen LogP contribution in [0.3, 0.4) is 0 Å². The fourth-order valence-corrected chi connectivity index (χ4v) is 4.99. The van der Waals surface area contributed by atoms with Gasteiger partial charge in [0, 0.05) is 18.7 Å². The van der Waals surface area contributed by atoms with E-state index < -0.39 is 22.0 Å². The molecule has 1 atom stereocenters. The summed E-state index contributed by atoms with van der Waals surface area (Å²) in [5.74, 6) is -0.423. The van der Waals surface area contributed by atoms with E-state index in [9.17, 15) is 18.0 Å². The zero-order chi connectivity index (χ0) is 21.9. The molecule has 1 unspecified atom stereocenters. The molecule has 1 amide bonds. The number of ether oxygens (including phenoxy) is 2. The van der Waals surface area contributed by atoms with Gasteiger partial charge >= 0.3 is 5.97 Å². The lowest BCUT2D eigenvalue weighted by Crippen LogP contribution is -2.50. The van der Waals surface area contributed by atoms with Crippen molar-refractivity contribution in [2.24, 2.45) is 0 Å². The Morgan fingerprint density at radius 2 is 1.73 bits per heavy atom. The smallest absolute Gasteiger partial charge is 0.326 e. The maximum atomic E-state index is 13.5. The van der Waals surface area contributed by atoms with Crippen LogP contribution < -0.4 is 9.64 Å². The van der Waals surface area contributed by atoms with Crippen molar-refractivity contribution in [1.82, 2.24) is 4.31 Å². The number of hydrogen-bond donors (Lipinski definition) is 0. The van der Waals surface area contributed by atoms with Gasteiger partial charge in [0.1, 0.15) is 11.8 Å². The lowest BCUT2D eigenvalue weighted by atomic mass is 10.1. The molecule has 1 aliphatic rings. The van der Waals surface area contributed by atoms with E-state index in [1.54, 1.807) is 43.3 Å². The average Bonchev–Trinajstić information content (AvgIpc) is 2.96. The topological polar surface area (TPSA) is 93.2 Å². The fourth-order valence-electron chi connectivity index (χ4n) is 3.44. The number of hydrogen-bond acceptors (Lipinski definition) is 6. The summed E-state index contributed by atoms with van der Waals surface area (Å²) in [6.07, 6.45) is 0.216. The van der Waals surface area contributed by atoms with Gasteiger partial charge < -0.3 is 14.4 Å². The Morgan fingerprint density at radius 3 is 2.33 bits per heavy atom. The van der Waals surface area contributed by atoms with E-state index >= 15 is 0 Å². The van der Waals surface area contributed by atoms with Crippen LogP contribution in [0.5, 0.6) is 5.75 Å². The van der Waals surface area contributed by atoms with Crippen molar-refractivity contribution >= 4 is 27.6 Å². The highest BCUT2D eigenvalue weighted by molar-refractivity contribution is 7.89. The van der Waals surface area contributed by atoms with E-state index in [1.807, 2.05) is 0 Å². The molecule has 30 heavy (non-hydrogen) atoms. The normalized spacial score (nSPS) is 17.0. The number of amides is 1. The number of esters is 1. The molecule has 0 spiro atoms. The first-order valence-corrected chi connectivity index (χ1v) is 10.9. The second-order valence-corrected chi connectivity index (χ2v) is 8.64. The second-order valence-electron chi connectivity index (χ2n) is 6.75. The molecule has 8 nitrogen and oxygen atoms in total. The van der Waals surface area contributed by atoms with Crippen LogP contribution in [-0.2, 0) is 30.9 Å². The van der Waals surface area contributed by atoms with E-state index in [0.717, 1.165) is 4.31 Å². The Labute approximate surface area is 176 Å². The number of methoxy groups -OCH3 is 2. The minimum atomic E-state index is -4.07. The van der Waals surface area contributed by atoms with E-state index in [1.165, 1.54) is 31.3 Å². The summed E-state index contributed by atoms with van der Waals surface area (Å²) in [5, 5.41) is 0. The molecule has 0 aromatic heterocycles. The van der Waals surface area contributed by atoms with Crippen LogP contribution in [0.4, 0.5) is 5.69 Å². The molecule has 2 aromatic rings. The fraction of sp³-hybridized carbons (Fsp3) is 0.333. The van der Waals surface area contributed by atoms with Gasteiger partial charge in [-0.05, 0) is 35.9 Å². The monoisotopic (exact) mass is 432 g/mol. The summed E-state index contributed by atoms with van der Waals surface area (Å²) >= 11 is 0. The van der Waals surface area contributed by atoms with Gasteiger partial charge in [0.25, 0.3) is 0 Å². The molecular formula is C21H24N2O6S. The number of benzene rings is 2. The molecule has 1 heterocycles. The van der Waals surface area contributed by atoms with Crippen LogP contribution >= 0.6 is 0 Å². The Bertz CT molecular complexity index is 1040. The zero-order valence-electron chi connectivity index (χ0n) is 17.1. The van der Waals surface area contributed by atoms with Gasteiger partial charge in [0.05, 0.1) is 25.7 Å². The van der Waals surface area contributed by atoms with Gasteiger partial charge in [-0.1, -0.05) is 25.1 Å². The molecule has 0 bridgehead atoms. The molecular weight excluding hydrogens is 408 g/mol. The van der Waals surface area contributed by atoms with Gasteiger partial charge in [0.15, 0.2) is 0 Å². The summed E-state index contributed by atoms with van der Waals surface area (Å²) in [7, 11) is -1.39. The third kappa shape index (κ3) is 4.03.